The average Bonchev–Trinajstić information content (AvgIpc) is 3.08. The molecule has 0 amide bonds. The molecule has 2 atom stereocenters. The number of ether oxygens (including phenoxy) is 2. The van der Waals surface area contributed by atoms with Crippen molar-refractivity contribution in [3.63, 3.8) is 0 Å². The molecule has 0 saturated carbocycles. The van der Waals surface area contributed by atoms with E-state index in [2.05, 4.69) is 25.7 Å². The minimum absolute atomic E-state index is 0.0525. The molecule has 3 N–H and O–H groups in total. The summed E-state index contributed by atoms with van der Waals surface area (Å²) in [6, 6.07) is 0. The normalized spacial score (nSPS) is 13.4. The van der Waals surface area contributed by atoms with Crippen LogP contribution >= 0.6 is 7.82 Å². The maximum Gasteiger partial charge on any atom is 0.472 e. The van der Waals surface area contributed by atoms with Crippen molar-refractivity contribution in [1.29, 1.82) is 0 Å². The van der Waals surface area contributed by atoms with Crippen LogP contribution in [0.25, 0.3) is 0 Å². The lowest BCUT2D eigenvalue weighted by molar-refractivity contribution is -0.161. The zero-order valence-electron chi connectivity index (χ0n) is 31.3. The van der Waals surface area contributed by atoms with Gasteiger partial charge in [0.1, 0.15) is 6.61 Å². The van der Waals surface area contributed by atoms with Gasteiger partial charge in [0, 0.05) is 19.4 Å². The van der Waals surface area contributed by atoms with Crippen LogP contribution in [0.3, 0.4) is 0 Å². The Labute approximate surface area is 300 Å². The molecular weight excluding hydrogens is 641 g/mol. The molecule has 1 unspecified atom stereocenters. The number of esters is 2. The molecule has 0 bridgehead atoms. The fourth-order valence-electron chi connectivity index (χ4n) is 5.49. The highest BCUT2D eigenvalue weighted by Crippen LogP contribution is 2.43. The Morgan fingerprint density at radius 3 is 1.59 bits per heavy atom. The van der Waals surface area contributed by atoms with E-state index in [-0.39, 0.29) is 38.6 Å². The van der Waals surface area contributed by atoms with E-state index in [9.17, 15) is 19.0 Å². The van der Waals surface area contributed by atoms with Gasteiger partial charge in [-0.2, -0.15) is 0 Å². The van der Waals surface area contributed by atoms with Gasteiger partial charge < -0.3 is 20.1 Å². The lowest BCUT2D eigenvalue weighted by Gasteiger charge is -2.19. The molecule has 0 aliphatic carbocycles. The number of allylic oxidation sites excluding steroid dienone is 3. The number of carbonyl (C=O) groups is 2. The molecule has 288 valence electrons. The van der Waals surface area contributed by atoms with Crippen molar-refractivity contribution >= 4 is 19.8 Å². The second-order valence-electron chi connectivity index (χ2n) is 13.2. The first-order valence-corrected chi connectivity index (χ1v) is 21.3. The van der Waals surface area contributed by atoms with E-state index in [1.165, 1.54) is 96.3 Å². The molecule has 0 heterocycles. The summed E-state index contributed by atoms with van der Waals surface area (Å²) in [5, 5.41) is 0. The lowest BCUT2D eigenvalue weighted by atomic mass is 10.0. The maximum absolute atomic E-state index is 12.5. The van der Waals surface area contributed by atoms with E-state index in [0.29, 0.717) is 6.42 Å². The number of nitrogens with two attached hydrogens (primary N) is 1. The molecule has 0 aromatic rings. The lowest BCUT2D eigenvalue weighted by Crippen LogP contribution is -2.29. The summed E-state index contributed by atoms with van der Waals surface area (Å²) < 4.78 is 32.7. The van der Waals surface area contributed by atoms with Gasteiger partial charge in [-0.25, -0.2) is 4.57 Å². The smallest absolute Gasteiger partial charge is 0.462 e. The zero-order valence-corrected chi connectivity index (χ0v) is 32.2. The van der Waals surface area contributed by atoms with Crippen molar-refractivity contribution in [2.75, 3.05) is 26.4 Å². The Kier molecular flexibility index (Phi) is 35.2. The van der Waals surface area contributed by atoms with Gasteiger partial charge in [-0.1, -0.05) is 134 Å². The molecule has 0 aromatic carbocycles. The highest BCUT2D eigenvalue weighted by Gasteiger charge is 2.26. The third kappa shape index (κ3) is 36.1. The van der Waals surface area contributed by atoms with E-state index >= 15 is 0 Å². The minimum atomic E-state index is -4.37. The van der Waals surface area contributed by atoms with Crippen molar-refractivity contribution in [2.24, 2.45) is 5.73 Å². The number of phosphoric acid groups is 1. The number of rotatable bonds is 38. The Morgan fingerprint density at radius 2 is 1.10 bits per heavy atom. The standard InChI is InChI=1S/C39H74NO8P/c1-3-5-7-9-11-13-15-17-18-20-21-23-25-27-29-31-38(41)45-35-37(36-47-49(43,44)46-34-33-40)48-39(42)32-30-28-26-24-22-19-16-14-12-10-8-6-4-2/h3,14,16,37H,1,4-13,15,17-36,40H2,2H3,(H,43,44)/b16-14+/t37-/m1/s1. The molecular formula is C39H74NO8P. The molecule has 49 heavy (non-hydrogen) atoms. The largest absolute Gasteiger partial charge is 0.472 e. The highest BCUT2D eigenvalue weighted by molar-refractivity contribution is 7.47. The monoisotopic (exact) mass is 716 g/mol. The van der Waals surface area contributed by atoms with Gasteiger partial charge >= 0.3 is 19.8 Å². The Bertz CT molecular complexity index is 853. The number of hydrogen-bond acceptors (Lipinski definition) is 8. The summed E-state index contributed by atoms with van der Waals surface area (Å²) in [7, 11) is -4.37. The zero-order chi connectivity index (χ0) is 36.1. The summed E-state index contributed by atoms with van der Waals surface area (Å²) in [6.07, 6.45) is 35.2. The first-order chi connectivity index (χ1) is 23.8. The van der Waals surface area contributed by atoms with Gasteiger partial charge in [0.25, 0.3) is 0 Å². The third-order valence-electron chi connectivity index (χ3n) is 8.46. The van der Waals surface area contributed by atoms with Crippen LogP contribution in [-0.4, -0.2) is 49.3 Å². The molecule has 0 aliphatic heterocycles. The molecule has 0 rings (SSSR count). The van der Waals surface area contributed by atoms with Crippen LogP contribution < -0.4 is 5.73 Å². The Morgan fingerprint density at radius 1 is 0.653 bits per heavy atom. The molecule has 0 spiro atoms. The second-order valence-corrected chi connectivity index (χ2v) is 14.7. The van der Waals surface area contributed by atoms with Crippen LogP contribution in [0, 0.1) is 0 Å². The van der Waals surface area contributed by atoms with Gasteiger partial charge in [-0.05, 0) is 51.4 Å². The van der Waals surface area contributed by atoms with Crippen molar-refractivity contribution in [1.82, 2.24) is 0 Å². The van der Waals surface area contributed by atoms with Crippen molar-refractivity contribution in [3.8, 4) is 0 Å². The second kappa shape index (κ2) is 36.3. The predicted octanol–water partition coefficient (Wildman–Crippen LogP) is 10.8. The van der Waals surface area contributed by atoms with Crippen molar-refractivity contribution in [3.05, 3.63) is 24.8 Å². The van der Waals surface area contributed by atoms with Gasteiger partial charge in [0.2, 0.25) is 0 Å². The van der Waals surface area contributed by atoms with Crippen LogP contribution in [0.2, 0.25) is 0 Å². The van der Waals surface area contributed by atoms with E-state index < -0.39 is 26.5 Å². The number of carbonyl (C=O) groups excluding carboxylic acids is 2. The molecule has 0 aromatic heterocycles. The summed E-state index contributed by atoms with van der Waals surface area (Å²) in [5.41, 5.74) is 5.33. The van der Waals surface area contributed by atoms with E-state index in [4.69, 9.17) is 24.3 Å². The predicted molar refractivity (Wildman–Crippen MR) is 201 cm³/mol. The van der Waals surface area contributed by atoms with Crippen LogP contribution in [0.5, 0.6) is 0 Å². The van der Waals surface area contributed by atoms with Crippen LogP contribution in [-0.2, 0) is 32.7 Å². The van der Waals surface area contributed by atoms with E-state index in [1.54, 1.807) is 0 Å². The van der Waals surface area contributed by atoms with Crippen LogP contribution in [0.4, 0.5) is 0 Å². The fourth-order valence-corrected chi connectivity index (χ4v) is 6.26. The number of hydrogen-bond donors (Lipinski definition) is 2. The maximum atomic E-state index is 12.5. The number of phosphoric ester groups is 1. The van der Waals surface area contributed by atoms with Gasteiger partial charge in [0.15, 0.2) is 6.10 Å². The van der Waals surface area contributed by atoms with Crippen LogP contribution in [0.15, 0.2) is 24.8 Å². The average molecular weight is 716 g/mol. The van der Waals surface area contributed by atoms with Crippen LogP contribution in [0.1, 0.15) is 180 Å². The molecule has 0 saturated heterocycles. The third-order valence-corrected chi connectivity index (χ3v) is 9.44. The van der Waals surface area contributed by atoms with Crippen molar-refractivity contribution < 1.29 is 37.6 Å². The molecule has 9 nitrogen and oxygen atoms in total. The molecule has 0 radical (unpaired) electrons. The highest BCUT2D eigenvalue weighted by atomic mass is 31.2. The summed E-state index contributed by atoms with van der Waals surface area (Å²) in [5.74, 6) is -0.839. The summed E-state index contributed by atoms with van der Waals surface area (Å²) in [6.45, 7) is 5.22. The SMILES string of the molecule is C=CCCCCCCCCCCCCCCCC(=O)OC[C@H](COP(=O)(O)OCCN)OC(=O)CCCCCCC/C=C/CCCCCC. The molecule has 0 fully saturated rings. The summed E-state index contributed by atoms with van der Waals surface area (Å²) in [4.78, 5) is 34.7. The number of unbranched alkanes of at least 4 members (excludes halogenated alkanes) is 22. The van der Waals surface area contributed by atoms with Crippen molar-refractivity contribution in [2.45, 2.75) is 186 Å². The van der Waals surface area contributed by atoms with Gasteiger partial charge in [0.05, 0.1) is 13.2 Å². The minimum Gasteiger partial charge on any atom is -0.462 e. The fraction of sp³-hybridized carbons (Fsp3) is 0.846. The van der Waals surface area contributed by atoms with Gasteiger partial charge in [-0.15, -0.1) is 6.58 Å². The van der Waals surface area contributed by atoms with Gasteiger partial charge in [-0.3, -0.25) is 18.6 Å². The first kappa shape index (κ1) is 47.5. The van der Waals surface area contributed by atoms with E-state index in [1.807, 2.05) is 6.08 Å². The quantitative estimate of drug-likeness (QED) is 0.0277. The Balaban J connectivity index is 4.18. The summed E-state index contributed by atoms with van der Waals surface area (Å²) >= 11 is 0. The molecule has 10 heteroatoms. The topological polar surface area (TPSA) is 134 Å². The Hall–Kier alpha value is -1.51. The van der Waals surface area contributed by atoms with E-state index in [0.717, 1.165) is 57.8 Å². The first-order valence-electron chi connectivity index (χ1n) is 19.8. The molecule has 0 aliphatic rings.